The van der Waals surface area contributed by atoms with Gasteiger partial charge in [0.2, 0.25) is 0 Å². The first-order chi connectivity index (χ1) is 12.5. The Hall–Kier alpha value is -1.55. The highest BCUT2D eigenvalue weighted by molar-refractivity contribution is 5.64. The summed E-state index contributed by atoms with van der Waals surface area (Å²) >= 11 is 0. The van der Waals surface area contributed by atoms with E-state index in [1.54, 1.807) is 7.11 Å². The lowest BCUT2D eigenvalue weighted by atomic mass is 9.89. The number of aliphatic imine (C=N–C) groups is 1. The maximum atomic E-state index is 6.09. The van der Waals surface area contributed by atoms with E-state index in [0.717, 1.165) is 43.3 Å². The molecule has 0 spiro atoms. The summed E-state index contributed by atoms with van der Waals surface area (Å²) in [4.78, 5) is 6.64. The van der Waals surface area contributed by atoms with Crippen molar-refractivity contribution in [1.82, 2.24) is 4.90 Å². The molecule has 4 nitrogen and oxygen atoms in total. The molecular formula is C22H36N2O2. The Morgan fingerprint density at radius 3 is 2.62 bits per heavy atom. The molecule has 1 aromatic carbocycles. The molecule has 4 heteroatoms. The van der Waals surface area contributed by atoms with Gasteiger partial charge in [-0.15, -0.1) is 0 Å². The molecule has 2 rings (SSSR count). The Morgan fingerprint density at radius 2 is 1.96 bits per heavy atom. The zero-order valence-electron chi connectivity index (χ0n) is 17.3. The Labute approximate surface area is 159 Å². The van der Waals surface area contributed by atoms with E-state index in [1.807, 2.05) is 19.5 Å². The van der Waals surface area contributed by atoms with Gasteiger partial charge in [0.15, 0.2) is 0 Å². The van der Waals surface area contributed by atoms with E-state index < -0.39 is 0 Å². The van der Waals surface area contributed by atoms with Gasteiger partial charge in [-0.3, -0.25) is 0 Å². The Morgan fingerprint density at radius 1 is 1.23 bits per heavy atom. The molecule has 0 bridgehead atoms. The highest BCUT2D eigenvalue weighted by atomic mass is 16.5. The molecule has 1 saturated carbocycles. The van der Waals surface area contributed by atoms with Crippen molar-refractivity contribution in [3.8, 4) is 5.75 Å². The molecule has 146 valence electrons. The quantitative estimate of drug-likeness (QED) is 0.347. The Kier molecular flexibility index (Phi) is 8.43. The van der Waals surface area contributed by atoms with E-state index in [-0.39, 0.29) is 0 Å². The molecule has 0 aliphatic heterocycles. The molecule has 0 radical (unpaired) electrons. The van der Waals surface area contributed by atoms with Crippen LogP contribution in [0.2, 0.25) is 0 Å². The zero-order valence-corrected chi connectivity index (χ0v) is 17.3. The van der Waals surface area contributed by atoms with Crippen LogP contribution in [0.1, 0.15) is 57.1 Å². The van der Waals surface area contributed by atoms with Crippen molar-refractivity contribution in [2.75, 3.05) is 27.3 Å². The summed E-state index contributed by atoms with van der Waals surface area (Å²) in [6.07, 6.45) is 9.43. The van der Waals surface area contributed by atoms with Crippen LogP contribution in [0, 0.1) is 12.8 Å². The van der Waals surface area contributed by atoms with Crippen LogP contribution in [-0.4, -0.2) is 44.7 Å². The van der Waals surface area contributed by atoms with Gasteiger partial charge in [-0.2, -0.15) is 0 Å². The lowest BCUT2D eigenvalue weighted by Crippen LogP contribution is -2.21. The van der Waals surface area contributed by atoms with Gasteiger partial charge < -0.3 is 14.4 Å². The minimum Gasteiger partial charge on any atom is -0.496 e. The number of nitrogens with zero attached hydrogens (tertiary/aromatic N) is 2. The minimum absolute atomic E-state index is 0.474. The van der Waals surface area contributed by atoms with Crippen molar-refractivity contribution in [3.05, 3.63) is 23.3 Å². The zero-order chi connectivity index (χ0) is 18.9. The first-order valence-electron chi connectivity index (χ1n) is 10.1. The summed E-state index contributed by atoms with van der Waals surface area (Å²) in [5, 5.41) is 0. The van der Waals surface area contributed by atoms with Crippen LogP contribution in [-0.2, 0) is 11.2 Å². The van der Waals surface area contributed by atoms with E-state index in [0.29, 0.717) is 6.10 Å². The van der Waals surface area contributed by atoms with Crippen molar-refractivity contribution in [2.24, 2.45) is 10.9 Å². The molecule has 1 fully saturated rings. The lowest BCUT2D eigenvalue weighted by molar-refractivity contribution is 0.0187. The molecule has 26 heavy (non-hydrogen) atoms. The van der Waals surface area contributed by atoms with Crippen molar-refractivity contribution in [2.45, 2.75) is 65.4 Å². The maximum absolute atomic E-state index is 6.09. The standard InChI is InChI=1S/C22H36N2O2/c1-6-24(4)16-23-21-15-22(25-5)19(14-18(21)3)8-7-13-26-20-11-9-17(2)10-12-20/h14-17,20H,6-13H2,1-5H3. The summed E-state index contributed by atoms with van der Waals surface area (Å²) in [5.74, 6) is 1.80. The first-order valence-corrected chi connectivity index (χ1v) is 10.1. The largest absolute Gasteiger partial charge is 0.496 e. The number of hydrogen-bond acceptors (Lipinski definition) is 3. The molecule has 0 atom stereocenters. The predicted molar refractivity (Wildman–Crippen MR) is 110 cm³/mol. The fraction of sp³-hybridized carbons (Fsp3) is 0.682. The summed E-state index contributed by atoms with van der Waals surface area (Å²) in [7, 11) is 3.76. The van der Waals surface area contributed by atoms with Gasteiger partial charge in [0, 0.05) is 26.3 Å². The lowest BCUT2D eigenvalue weighted by Gasteiger charge is -2.26. The molecule has 1 aromatic rings. The van der Waals surface area contributed by atoms with Crippen molar-refractivity contribution in [3.63, 3.8) is 0 Å². The smallest absolute Gasteiger partial charge is 0.124 e. The van der Waals surface area contributed by atoms with E-state index >= 15 is 0 Å². The van der Waals surface area contributed by atoms with Crippen molar-refractivity contribution in [1.29, 1.82) is 0 Å². The first kappa shape index (κ1) is 20.8. The van der Waals surface area contributed by atoms with Gasteiger partial charge >= 0.3 is 0 Å². The van der Waals surface area contributed by atoms with Crippen LogP contribution in [0.15, 0.2) is 17.1 Å². The van der Waals surface area contributed by atoms with Gasteiger partial charge in [-0.05, 0) is 69.4 Å². The number of benzene rings is 1. The SMILES string of the molecule is CCN(C)C=Nc1cc(OC)c(CCCOC2CCC(C)CC2)cc1C. The maximum Gasteiger partial charge on any atom is 0.124 e. The molecule has 0 aromatic heterocycles. The summed E-state index contributed by atoms with van der Waals surface area (Å²) < 4.78 is 11.7. The van der Waals surface area contributed by atoms with E-state index in [9.17, 15) is 0 Å². The monoisotopic (exact) mass is 360 g/mol. The van der Waals surface area contributed by atoms with Crippen LogP contribution in [0.5, 0.6) is 5.75 Å². The van der Waals surface area contributed by atoms with E-state index in [4.69, 9.17) is 9.47 Å². The number of hydrogen-bond donors (Lipinski definition) is 0. The summed E-state index contributed by atoms with van der Waals surface area (Å²) in [6.45, 7) is 8.35. The normalized spacial score (nSPS) is 20.5. The van der Waals surface area contributed by atoms with Gasteiger partial charge in [-0.25, -0.2) is 4.99 Å². The minimum atomic E-state index is 0.474. The predicted octanol–water partition coefficient (Wildman–Crippen LogP) is 5.14. The fourth-order valence-corrected chi connectivity index (χ4v) is 3.41. The Bertz CT molecular complexity index is 578. The molecule has 0 N–H and O–H groups in total. The molecule has 0 saturated heterocycles. The molecule has 1 aliphatic rings. The molecule has 0 unspecified atom stereocenters. The average molecular weight is 361 g/mol. The van der Waals surface area contributed by atoms with Gasteiger partial charge in [0.1, 0.15) is 5.75 Å². The van der Waals surface area contributed by atoms with E-state index in [1.165, 1.54) is 36.8 Å². The van der Waals surface area contributed by atoms with Crippen LogP contribution in [0.4, 0.5) is 5.69 Å². The van der Waals surface area contributed by atoms with Crippen LogP contribution in [0.25, 0.3) is 0 Å². The molecule has 0 heterocycles. The third kappa shape index (κ3) is 6.31. The highest BCUT2D eigenvalue weighted by Gasteiger charge is 2.18. The Balaban J connectivity index is 1.88. The molecular weight excluding hydrogens is 324 g/mol. The van der Waals surface area contributed by atoms with Gasteiger partial charge in [-0.1, -0.05) is 13.0 Å². The van der Waals surface area contributed by atoms with Gasteiger partial charge in [0.25, 0.3) is 0 Å². The molecule has 0 amide bonds. The second-order valence-corrected chi connectivity index (χ2v) is 7.62. The fourth-order valence-electron chi connectivity index (χ4n) is 3.41. The number of methoxy groups -OCH3 is 1. The summed E-state index contributed by atoms with van der Waals surface area (Å²) in [5.41, 5.74) is 3.40. The van der Waals surface area contributed by atoms with E-state index in [2.05, 4.69) is 36.7 Å². The van der Waals surface area contributed by atoms with Crippen LogP contribution < -0.4 is 4.74 Å². The topological polar surface area (TPSA) is 34.1 Å². The highest BCUT2D eigenvalue weighted by Crippen LogP contribution is 2.30. The van der Waals surface area contributed by atoms with Crippen LogP contribution in [0.3, 0.4) is 0 Å². The van der Waals surface area contributed by atoms with Crippen molar-refractivity contribution < 1.29 is 9.47 Å². The second kappa shape index (κ2) is 10.6. The third-order valence-corrected chi connectivity index (χ3v) is 5.40. The third-order valence-electron chi connectivity index (χ3n) is 5.40. The van der Waals surface area contributed by atoms with Gasteiger partial charge in [0.05, 0.1) is 25.2 Å². The van der Waals surface area contributed by atoms with Crippen molar-refractivity contribution >= 4 is 12.0 Å². The number of ether oxygens (including phenoxy) is 2. The number of rotatable bonds is 9. The summed E-state index contributed by atoms with van der Waals surface area (Å²) in [6, 6.07) is 4.26. The number of aryl methyl sites for hydroxylation is 2. The molecule has 1 aliphatic carbocycles. The van der Waals surface area contributed by atoms with Crippen LogP contribution >= 0.6 is 0 Å². The average Bonchev–Trinajstić information content (AvgIpc) is 2.65. The second-order valence-electron chi connectivity index (χ2n) is 7.62.